The maximum absolute atomic E-state index is 5.03. The molecule has 0 aliphatic rings. The first-order valence-corrected chi connectivity index (χ1v) is 3.93. The van der Waals surface area contributed by atoms with Crippen LogP contribution in [0.2, 0.25) is 0 Å². The van der Waals surface area contributed by atoms with Crippen LogP contribution in [-0.4, -0.2) is 65.5 Å². The summed E-state index contributed by atoms with van der Waals surface area (Å²) < 4.78 is 14.7. The van der Waals surface area contributed by atoms with Gasteiger partial charge in [0.15, 0.2) is 0 Å². The van der Waals surface area contributed by atoms with Crippen LogP contribution in [0.25, 0.3) is 0 Å². The van der Waals surface area contributed by atoms with Gasteiger partial charge in [-0.25, -0.2) is 0 Å². The molecule has 5 heteroatoms. The predicted octanol–water partition coefficient (Wildman–Crippen LogP) is -0.348. The van der Waals surface area contributed by atoms with E-state index in [1.807, 2.05) is 6.92 Å². The van der Waals surface area contributed by atoms with Gasteiger partial charge < -0.3 is 11.4 Å². The van der Waals surface area contributed by atoms with Gasteiger partial charge in [0.25, 0.3) is 0 Å². The second kappa shape index (κ2) is 9.41. The van der Waals surface area contributed by atoms with Crippen molar-refractivity contribution in [1.82, 2.24) is 0 Å². The quantitative estimate of drug-likeness (QED) is 0.523. The molecule has 0 bridgehead atoms. The summed E-state index contributed by atoms with van der Waals surface area (Å²) in [5.74, 6) is 0. The van der Waals surface area contributed by atoms with Crippen LogP contribution in [0, 0.1) is 0 Å². The Bertz CT molecular complexity index is 51.1. The standard InChI is InChI=1S/C2H5O.2CH3O.Al.Na.H/c1-2-3;2*1-2;;;/h2H2,1H3;2*1H3;;;/q3*-1;+3;;. The van der Waals surface area contributed by atoms with E-state index in [2.05, 4.69) is 0 Å². The van der Waals surface area contributed by atoms with Crippen LogP contribution >= 0.6 is 0 Å². The van der Waals surface area contributed by atoms with Gasteiger partial charge in [-0.15, -0.1) is 0 Å². The summed E-state index contributed by atoms with van der Waals surface area (Å²) in [5, 5.41) is 0. The van der Waals surface area contributed by atoms with Gasteiger partial charge in [-0.2, -0.15) is 0 Å². The second-order valence-corrected chi connectivity index (χ2v) is 3.07. The first kappa shape index (κ1) is 13.0. The van der Waals surface area contributed by atoms with Crippen LogP contribution in [-0.2, 0) is 11.4 Å². The fraction of sp³-hybridized carbons (Fsp3) is 1.00. The third-order valence-electron chi connectivity index (χ3n) is 0.688. The average molecular weight is 158 g/mol. The van der Waals surface area contributed by atoms with E-state index in [0.717, 1.165) is 0 Å². The first-order valence-electron chi connectivity index (χ1n) is 2.52. The number of hydrogen-bond donors (Lipinski definition) is 0. The van der Waals surface area contributed by atoms with Crippen LogP contribution in [0.4, 0.5) is 0 Å². The van der Waals surface area contributed by atoms with Gasteiger partial charge in [0.1, 0.15) is 0 Å². The minimum absolute atomic E-state index is 0. The van der Waals surface area contributed by atoms with Crippen molar-refractivity contribution in [3.05, 3.63) is 0 Å². The summed E-state index contributed by atoms with van der Waals surface area (Å²) in [6, 6.07) is 0. The number of rotatable bonds is 4. The molecule has 0 fully saturated rings. The molecule has 3 nitrogen and oxygen atoms in total. The van der Waals surface area contributed by atoms with Gasteiger partial charge >= 0.3 is 44.7 Å². The molecule has 9 heavy (non-hydrogen) atoms. The molecular weight excluding hydrogens is 146 g/mol. The van der Waals surface area contributed by atoms with Crippen molar-refractivity contribution >= 4 is 44.7 Å². The topological polar surface area (TPSA) is 27.7 Å². The van der Waals surface area contributed by atoms with Gasteiger partial charge in [-0.1, -0.05) is 0 Å². The molecule has 0 aliphatic carbocycles. The van der Waals surface area contributed by atoms with Crippen molar-refractivity contribution in [2.45, 2.75) is 6.92 Å². The van der Waals surface area contributed by atoms with Crippen molar-refractivity contribution in [3.8, 4) is 0 Å². The van der Waals surface area contributed by atoms with E-state index in [9.17, 15) is 0 Å². The Morgan fingerprint density at radius 2 is 1.67 bits per heavy atom. The third kappa shape index (κ3) is 7.31. The van der Waals surface area contributed by atoms with E-state index in [1.54, 1.807) is 14.2 Å². The molecule has 0 N–H and O–H groups in total. The van der Waals surface area contributed by atoms with Crippen molar-refractivity contribution in [2.24, 2.45) is 0 Å². The van der Waals surface area contributed by atoms with E-state index in [-0.39, 0.29) is 29.6 Å². The monoisotopic (exact) mass is 158 g/mol. The Balaban J connectivity index is 0. The van der Waals surface area contributed by atoms with E-state index >= 15 is 0 Å². The molecule has 0 radical (unpaired) electrons. The van der Waals surface area contributed by atoms with E-state index in [0.29, 0.717) is 6.61 Å². The molecule has 0 saturated heterocycles. The van der Waals surface area contributed by atoms with Gasteiger partial charge in [-0.05, 0) is 6.92 Å². The van der Waals surface area contributed by atoms with Crippen LogP contribution in [0.3, 0.4) is 0 Å². The summed E-state index contributed by atoms with van der Waals surface area (Å²) in [7, 11) is 3.19. The molecule has 0 amide bonds. The molecule has 50 valence electrons. The molecule has 0 unspecified atom stereocenters. The molecule has 0 atom stereocenters. The molecule has 0 aromatic rings. The van der Waals surface area contributed by atoms with Crippen LogP contribution in [0.1, 0.15) is 6.92 Å². The van der Waals surface area contributed by atoms with E-state index in [4.69, 9.17) is 11.4 Å². The van der Waals surface area contributed by atoms with E-state index in [1.165, 1.54) is 0 Å². The molecule has 0 heterocycles. The zero-order valence-corrected chi connectivity index (χ0v) is 6.66. The summed E-state index contributed by atoms with van der Waals surface area (Å²) >= 11 is -1.69. The third-order valence-corrected chi connectivity index (χ3v) is 2.06. The first-order chi connectivity index (χ1) is 3.85. The van der Waals surface area contributed by atoms with Crippen molar-refractivity contribution in [1.29, 1.82) is 0 Å². The molecule has 0 aromatic carbocycles. The number of hydrogen-bond acceptors (Lipinski definition) is 3. The van der Waals surface area contributed by atoms with Crippen molar-refractivity contribution in [2.75, 3.05) is 20.8 Å². The normalized spacial score (nSPS) is 8.33. The molecule has 0 spiro atoms. The fourth-order valence-electron chi connectivity index (χ4n) is 0.368. The van der Waals surface area contributed by atoms with Gasteiger partial charge in [-0.3, -0.25) is 0 Å². The predicted molar refractivity (Wildman–Crippen MR) is 38.5 cm³/mol. The second-order valence-electron chi connectivity index (χ2n) is 1.22. The van der Waals surface area contributed by atoms with Gasteiger partial charge in [0, 0.05) is 20.8 Å². The van der Waals surface area contributed by atoms with Crippen molar-refractivity contribution < 1.29 is 11.4 Å². The Morgan fingerprint density at radius 1 is 1.22 bits per heavy atom. The van der Waals surface area contributed by atoms with Crippen LogP contribution in [0.15, 0.2) is 0 Å². The zero-order chi connectivity index (χ0) is 6.41. The summed E-state index contributed by atoms with van der Waals surface area (Å²) in [6.45, 7) is 2.58. The maximum atomic E-state index is 5.03. The summed E-state index contributed by atoms with van der Waals surface area (Å²) in [4.78, 5) is 0. The Morgan fingerprint density at radius 3 is 1.78 bits per heavy atom. The summed E-state index contributed by atoms with van der Waals surface area (Å²) in [5.41, 5.74) is 0. The van der Waals surface area contributed by atoms with Gasteiger partial charge in [0.2, 0.25) is 0 Å². The molecule has 0 aliphatic heterocycles. The Kier molecular flexibility index (Phi) is 13.6. The van der Waals surface area contributed by atoms with Gasteiger partial charge in [0.05, 0.1) is 0 Å². The molecule has 0 rings (SSSR count). The minimum atomic E-state index is -1.69. The molecule has 0 aromatic heterocycles. The zero-order valence-electron chi connectivity index (χ0n) is 5.51. The Hall–Kier alpha value is 1.41. The molecule has 0 saturated carbocycles. The van der Waals surface area contributed by atoms with E-state index < -0.39 is 15.1 Å². The van der Waals surface area contributed by atoms with Crippen molar-refractivity contribution in [3.63, 3.8) is 0 Å². The van der Waals surface area contributed by atoms with Crippen LogP contribution in [0.5, 0.6) is 0 Å². The molecular formula is C4H12AlNaO3. The fourth-order valence-corrected chi connectivity index (χ4v) is 1.11. The van der Waals surface area contributed by atoms with Crippen LogP contribution < -0.4 is 0 Å². The average Bonchev–Trinajstić information content (AvgIpc) is 1.83. The summed E-state index contributed by atoms with van der Waals surface area (Å²) in [6.07, 6.45) is 0. The Labute approximate surface area is 83.3 Å². The SMILES string of the molecule is CC[O][Al]([O]C)[O]C.[NaH].